The summed E-state index contributed by atoms with van der Waals surface area (Å²) in [6, 6.07) is 5.51. The van der Waals surface area contributed by atoms with Crippen LogP contribution in [0.15, 0.2) is 43.0 Å². The number of rotatable bonds is 6. The maximum absolute atomic E-state index is 13.2. The molecule has 39 heavy (non-hydrogen) atoms. The molecule has 6 heterocycles. The molecule has 0 aromatic carbocycles. The highest BCUT2D eigenvalue weighted by Gasteiger charge is 2.23. The second-order valence-electron chi connectivity index (χ2n) is 9.85. The summed E-state index contributed by atoms with van der Waals surface area (Å²) in [6.45, 7) is 6.12. The molecule has 0 saturated carbocycles. The molecule has 0 radical (unpaired) electrons. The van der Waals surface area contributed by atoms with E-state index in [4.69, 9.17) is 4.74 Å². The fraction of sp³-hybridized carbons (Fsp3) is 0.296. The number of H-pyrrole nitrogens is 2. The number of morpholine rings is 1. The summed E-state index contributed by atoms with van der Waals surface area (Å²) >= 11 is 0. The van der Waals surface area contributed by atoms with Gasteiger partial charge in [-0.3, -0.25) is 19.7 Å². The minimum absolute atomic E-state index is 0.0559. The van der Waals surface area contributed by atoms with Crippen molar-refractivity contribution in [1.29, 1.82) is 0 Å². The normalized spacial score (nSPS) is 13.9. The SMILES string of the molecule is CC(C)CC(=O)Nc1cncc(-c2cnc3n[nH]c(-c4nc5nccc(C(=O)N6CCOCC6)c5[nH]4)c3c2)c1. The highest BCUT2D eigenvalue weighted by molar-refractivity contribution is 6.05. The van der Waals surface area contributed by atoms with Crippen LogP contribution in [-0.4, -0.2) is 78.1 Å². The first-order valence-corrected chi connectivity index (χ1v) is 12.8. The highest BCUT2D eigenvalue weighted by atomic mass is 16.5. The van der Waals surface area contributed by atoms with Crippen LogP contribution in [-0.2, 0) is 9.53 Å². The number of carbonyl (C=O) groups is 2. The Bertz CT molecular complexity index is 1680. The van der Waals surface area contributed by atoms with Gasteiger partial charge in [-0.25, -0.2) is 15.0 Å². The predicted molar refractivity (Wildman–Crippen MR) is 145 cm³/mol. The van der Waals surface area contributed by atoms with Gasteiger partial charge in [-0.05, 0) is 24.1 Å². The van der Waals surface area contributed by atoms with Gasteiger partial charge in [0, 0.05) is 49.2 Å². The van der Waals surface area contributed by atoms with E-state index >= 15 is 0 Å². The Morgan fingerprint density at radius 1 is 1.08 bits per heavy atom. The first-order chi connectivity index (χ1) is 19.0. The number of hydrogen-bond acceptors (Lipinski definition) is 8. The zero-order valence-corrected chi connectivity index (χ0v) is 21.6. The van der Waals surface area contributed by atoms with Crippen LogP contribution in [0.5, 0.6) is 0 Å². The van der Waals surface area contributed by atoms with Crippen molar-refractivity contribution in [1.82, 2.24) is 40.0 Å². The van der Waals surface area contributed by atoms with Gasteiger partial charge in [0.05, 0.1) is 41.6 Å². The molecule has 0 unspecified atom stereocenters. The van der Waals surface area contributed by atoms with Crippen molar-refractivity contribution >= 4 is 39.7 Å². The number of hydrogen-bond donors (Lipinski definition) is 3. The van der Waals surface area contributed by atoms with Crippen LogP contribution in [0.3, 0.4) is 0 Å². The number of ether oxygens (including phenoxy) is 1. The van der Waals surface area contributed by atoms with Gasteiger partial charge in [-0.15, -0.1) is 0 Å². The summed E-state index contributed by atoms with van der Waals surface area (Å²) < 4.78 is 5.38. The minimum Gasteiger partial charge on any atom is -0.378 e. The maximum atomic E-state index is 13.2. The van der Waals surface area contributed by atoms with Gasteiger partial charge >= 0.3 is 0 Å². The quantitative estimate of drug-likeness (QED) is 0.305. The molecule has 12 nitrogen and oxygen atoms in total. The van der Waals surface area contributed by atoms with Crippen molar-refractivity contribution in [3.63, 3.8) is 0 Å². The summed E-state index contributed by atoms with van der Waals surface area (Å²) in [5, 5.41) is 11.0. The van der Waals surface area contributed by atoms with E-state index in [0.29, 0.717) is 72.3 Å². The van der Waals surface area contributed by atoms with Crippen LogP contribution < -0.4 is 5.32 Å². The Morgan fingerprint density at radius 2 is 1.90 bits per heavy atom. The number of nitrogens with one attached hydrogen (secondary N) is 3. The molecule has 1 aliphatic rings. The summed E-state index contributed by atoms with van der Waals surface area (Å²) in [5.41, 5.74) is 4.85. The predicted octanol–water partition coefficient (Wildman–Crippen LogP) is 3.42. The number of anilines is 1. The summed E-state index contributed by atoms with van der Waals surface area (Å²) in [4.78, 5) is 48.3. The smallest absolute Gasteiger partial charge is 0.256 e. The molecule has 1 saturated heterocycles. The first kappa shape index (κ1) is 24.6. The van der Waals surface area contributed by atoms with Crippen molar-refractivity contribution < 1.29 is 14.3 Å². The van der Waals surface area contributed by atoms with E-state index in [1.54, 1.807) is 35.8 Å². The Balaban J connectivity index is 1.34. The lowest BCUT2D eigenvalue weighted by molar-refractivity contribution is -0.116. The van der Waals surface area contributed by atoms with Crippen LogP contribution in [0.25, 0.3) is 44.8 Å². The molecule has 1 aliphatic heterocycles. The number of aromatic amines is 2. The van der Waals surface area contributed by atoms with Crippen LogP contribution >= 0.6 is 0 Å². The lowest BCUT2D eigenvalue weighted by atomic mass is 10.1. The third-order valence-electron chi connectivity index (χ3n) is 6.52. The van der Waals surface area contributed by atoms with Gasteiger partial charge in [0.25, 0.3) is 5.91 Å². The topological polar surface area (TPSA) is 155 Å². The molecule has 0 bridgehead atoms. The second kappa shape index (κ2) is 10.2. The summed E-state index contributed by atoms with van der Waals surface area (Å²) in [7, 11) is 0. The van der Waals surface area contributed by atoms with Crippen molar-refractivity contribution in [2.45, 2.75) is 20.3 Å². The molecule has 0 atom stereocenters. The fourth-order valence-corrected chi connectivity index (χ4v) is 4.63. The molecular weight excluding hydrogens is 498 g/mol. The largest absolute Gasteiger partial charge is 0.378 e. The van der Waals surface area contributed by atoms with E-state index in [1.807, 2.05) is 26.0 Å². The standard InChI is InChI=1S/C27H27N9O3/c1-15(2)9-21(37)31-18-10-16(12-28-14-18)17-11-20-23(34-35-24(20)30-13-17)26-32-22-19(3-4-29-25(22)33-26)27(38)36-5-7-39-8-6-36/h3-4,10-15H,5-9H2,1-2H3,(H,31,37)(H,29,32,33)(H,30,34,35). The van der Waals surface area contributed by atoms with Gasteiger partial charge in [0.2, 0.25) is 5.91 Å². The van der Waals surface area contributed by atoms with E-state index in [0.717, 1.165) is 16.5 Å². The molecule has 1 fully saturated rings. The van der Waals surface area contributed by atoms with E-state index in [1.165, 1.54) is 0 Å². The Morgan fingerprint density at radius 3 is 2.72 bits per heavy atom. The molecule has 6 rings (SSSR count). The number of pyridine rings is 3. The van der Waals surface area contributed by atoms with Gasteiger partial charge in [-0.1, -0.05) is 13.8 Å². The van der Waals surface area contributed by atoms with E-state index in [9.17, 15) is 9.59 Å². The number of nitrogens with zero attached hydrogens (tertiary/aromatic N) is 6. The van der Waals surface area contributed by atoms with Gasteiger partial charge in [0.15, 0.2) is 17.1 Å². The Kier molecular flexibility index (Phi) is 6.45. The van der Waals surface area contributed by atoms with Crippen LogP contribution in [0.2, 0.25) is 0 Å². The number of imidazole rings is 1. The Labute approximate surface area is 223 Å². The molecule has 0 aliphatic carbocycles. The minimum atomic E-state index is -0.0906. The second-order valence-corrected chi connectivity index (χ2v) is 9.85. The summed E-state index contributed by atoms with van der Waals surface area (Å²) in [6.07, 6.45) is 7.07. The first-order valence-electron chi connectivity index (χ1n) is 12.8. The zero-order valence-electron chi connectivity index (χ0n) is 21.6. The molecule has 5 aromatic heterocycles. The van der Waals surface area contributed by atoms with Crippen molar-refractivity contribution in [3.05, 3.63) is 48.5 Å². The van der Waals surface area contributed by atoms with Crippen LogP contribution in [0, 0.1) is 5.92 Å². The molecule has 5 aromatic rings. The molecule has 3 N–H and O–H groups in total. The van der Waals surface area contributed by atoms with Gasteiger partial charge in [0.1, 0.15) is 5.69 Å². The zero-order chi connectivity index (χ0) is 26.9. The van der Waals surface area contributed by atoms with E-state index in [2.05, 4.69) is 40.4 Å². The van der Waals surface area contributed by atoms with Crippen LogP contribution in [0.1, 0.15) is 30.6 Å². The Hall–Kier alpha value is -4.71. The lowest BCUT2D eigenvalue weighted by Crippen LogP contribution is -2.40. The third kappa shape index (κ3) is 4.93. The molecule has 198 valence electrons. The van der Waals surface area contributed by atoms with Crippen molar-refractivity contribution in [2.75, 3.05) is 31.6 Å². The van der Waals surface area contributed by atoms with Crippen molar-refractivity contribution in [3.8, 4) is 22.6 Å². The average Bonchev–Trinajstić information content (AvgIpc) is 3.56. The summed E-state index contributed by atoms with van der Waals surface area (Å²) in [5.74, 6) is 0.607. The monoisotopic (exact) mass is 525 g/mol. The molecule has 12 heteroatoms. The van der Waals surface area contributed by atoms with E-state index < -0.39 is 0 Å². The molecule has 0 spiro atoms. The number of aromatic nitrogens is 7. The maximum Gasteiger partial charge on any atom is 0.256 e. The van der Waals surface area contributed by atoms with Gasteiger partial charge in [-0.2, -0.15) is 5.10 Å². The number of amides is 2. The number of carbonyl (C=O) groups excluding carboxylic acids is 2. The molecular formula is C27H27N9O3. The van der Waals surface area contributed by atoms with E-state index in [-0.39, 0.29) is 17.7 Å². The van der Waals surface area contributed by atoms with Gasteiger partial charge < -0.3 is 19.9 Å². The average molecular weight is 526 g/mol. The number of fused-ring (bicyclic) bond motifs is 2. The lowest BCUT2D eigenvalue weighted by Gasteiger charge is -2.26. The molecule has 2 amide bonds. The third-order valence-corrected chi connectivity index (χ3v) is 6.52. The fourth-order valence-electron chi connectivity index (χ4n) is 4.63. The van der Waals surface area contributed by atoms with Crippen molar-refractivity contribution in [2.24, 2.45) is 5.92 Å². The highest BCUT2D eigenvalue weighted by Crippen LogP contribution is 2.30. The van der Waals surface area contributed by atoms with Crippen LogP contribution in [0.4, 0.5) is 5.69 Å².